The van der Waals surface area contributed by atoms with Crippen molar-refractivity contribution in [3.8, 4) is 5.75 Å². The highest BCUT2D eigenvalue weighted by Crippen LogP contribution is 2.31. The van der Waals surface area contributed by atoms with Gasteiger partial charge in [0.15, 0.2) is 11.1 Å². The maximum Gasteiger partial charge on any atom is 0.573 e. The van der Waals surface area contributed by atoms with E-state index in [0.29, 0.717) is 22.7 Å². The Hall–Kier alpha value is -3.09. The molecule has 0 bridgehead atoms. The Kier molecular flexibility index (Phi) is 6.59. The van der Waals surface area contributed by atoms with E-state index in [9.17, 15) is 22.8 Å². The van der Waals surface area contributed by atoms with Crippen LogP contribution in [-0.2, 0) is 9.59 Å². The number of rotatable bonds is 6. The second kappa shape index (κ2) is 9.15. The monoisotopic (exact) mass is 444 g/mol. The molecule has 0 radical (unpaired) electrons. The van der Waals surface area contributed by atoms with Crippen LogP contribution in [-0.4, -0.2) is 67.2 Å². The molecule has 2 aromatic rings. The van der Waals surface area contributed by atoms with Crippen LogP contribution in [0.3, 0.4) is 0 Å². The van der Waals surface area contributed by atoms with Crippen LogP contribution >= 0.6 is 11.3 Å². The number of fused-ring (bicyclic) bond motifs is 1. The molecule has 3 N–H and O–H groups in total. The number of halogens is 3. The second-order valence-corrected chi connectivity index (χ2v) is 7.39. The maximum atomic E-state index is 12.3. The van der Waals surface area contributed by atoms with E-state index in [1.54, 1.807) is 0 Å². The van der Waals surface area contributed by atoms with Crippen molar-refractivity contribution < 1.29 is 27.5 Å². The summed E-state index contributed by atoms with van der Waals surface area (Å²) in [6.45, 7) is 1.25. The molecular formula is C17H19F3N6O3S. The molecule has 0 saturated heterocycles. The number of thiazole rings is 1. The first kappa shape index (κ1) is 21.6. The number of ether oxygens (including phenoxy) is 1. The number of nitrogens with one attached hydrogen (secondary N) is 3. The Labute approximate surface area is 173 Å². The number of anilines is 1. The Bertz CT molecular complexity index is 962. The summed E-state index contributed by atoms with van der Waals surface area (Å²) in [4.78, 5) is 33.9. The number of carbonyl (C=O) groups is 2. The third kappa shape index (κ3) is 6.20. The van der Waals surface area contributed by atoms with Crippen LogP contribution in [0.5, 0.6) is 5.75 Å². The van der Waals surface area contributed by atoms with Crippen molar-refractivity contribution in [2.24, 2.45) is 4.99 Å². The number of aliphatic imine (C=N–C) groups is 1. The number of alkyl halides is 3. The van der Waals surface area contributed by atoms with Crippen molar-refractivity contribution in [2.75, 3.05) is 38.5 Å². The largest absolute Gasteiger partial charge is 0.573 e. The highest BCUT2D eigenvalue weighted by atomic mass is 32.1. The normalized spacial score (nSPS) is 13.9. The van der Waals surface area contributed by atoms with Gasteiger partial charge in [-0.3, -0.25) is 14.6 Å². The number of nitrogens with zero attached hydrogens (tertiary/aromatic N) is 3. The minimum absolute atomic E-state index is 0.0151. The van der Waals surface area contributed by atoms with E-state index < -0.39 is 12.3 Å². The van der Waals surface area contributed by atoms with Crippen molar-refractivity contribution in [2.45, 2.75) is 12.8 Å². The quantitative estimate of drug-likeness (QED) is 0.624. The predicted octanol–water partition coefficient (Wildman–Crippen LogP) is 1.53. The minimum atomic E-state index is -4.79. The summed E-state index contributed by atoms with van der Waals surface area (Å²) < 4.78 is 41.3. The van der Waals surface area contributed by atoms with E-state index in [4.69, 9.17) is 0 Å². The van der Waals surface area contributed by atoms with Crippen molar-refractivity contribution in [1.29, 1.82) is 0 Å². The molecule has 162 valence electrons. The summed E-state index contributed by atoms with van der Waals surface area (Å²) >= 11 is 1.00. The van der Waals surface area contributed by atoms with Gasteiger partial charge in [-0.05, 0) is 18.6 Å². The van der Waals surface area contributed by atoms with Crippen LogP contribution in [0.25, 0.3) is 10.2 Å². The third-order valence-electron chi connectivity index (χ3n) is 3.95. The maximum absolute atomic E-state index is 12.3. The van der Waals surface area contributed by atoms with Crippen molar-refractivity contribution >= 4 is 44.5 Å². The lowest BCUT2D eigenvalue weighted by atomic mass is 10.3. The molecule has 1 aliphatic rings. The zero-order valence-corrected chi connectivity index (χ0v) is 16.7. The van der Waals surface area contributed by atoms with Gasteiger partial charge in [-0.15, -0.1) is 13.2 Å². The number of carbonyl (C=O) groups excluding carboxylic acids is 2. The van der Waals surface area contributed by atoms with Crippen molar-refractivity contribution in [3.05, 3.63) is 18.2 Å². The zero-order valence-electron chi connectivity index (χ0n) is 15.9. The average molecular weight is 444 g/mol. The Morgan fingerprint density at radius 1 is 1.37 bits per heavy atom. The molecule has 2 amide bonds. The summed E-state index contributed by atoms with van der Waals surface area (Å²) in [5.41, 5.74) is 0.416. The molecule has 30 heavy (non-hydrogen) atoms. The van der Waals surface area contributed by atoms with Crippen LogP contribution in [0.15, 0.2) is 23.2 Å². The number of likely N-dealkylation sites (N-methyl/N-ethyl adjacent to an activating group) is 1. The van der Waals surface area contributed by atoms with E-state index >= 15 is 0 Å². The van der Waals surface area contributed by atoms with Crippen LogP contribution in [0.1, 0.15) is 6.42 Å². The summed E-state index contributed by atoms with van der Waals surface area (Å²) in [7, 11) is 1.48. The number of hydrogen-bond acceptors (Lipinski definition) is 8. The highest BCUT2D eigenvalue weighted by molar-refractivity contribution is 7.22. The first-order valence-electron chi connectivity index (χ1n) is 8.92. The van der Waals surface area contributed by atoms with E-state index in [0.717, 1.165) is 30.4 Å². The number of amides is 2. The first-order valence-corrected chi connectivity index (χ1v) is 9.73. The van der Waals surface area contributed by atoms with Crippen molar-refractivity contribution in [3.63, 3.8) is 0 Å². The lowest BCUT2D eigenvalue weighted by Gasteiger charge is -2.19. The molecule has 0 saturated carbocycles. The summed E-state index contributed by atoms with van der Waals surface area (Å²) in [5, 5.41) is 8.66. The second-order valence-electron chi connectivity index (χ2n) is 6.36. The zero-order chi connectivity index (χ0) is 21.7. The molecule has 0 atom stereocenters. The van der Waals surface area contributed by atoms with E-state index in [-0.39, 0.29) is 29.9 Å². The smallest absolute Gasteiger partial charge is 0.406 e. The number of aromatic nitrogens is 1. The molecule has 0 unspecified atom stereocenters. The fourth-order valence-corrected chi connectivity index (χ4v) is 3.47. The van der Waals surface area contributed by atoms with Gasteiger partial charge in [-0.25, -0.2) is 4.98 Å². The molecule has 1 aromatic carbocycles. The number of guanidine groups is 1. The van der Waals surface area contributed by atoms with Gasteiger partial charge < -0.3 is 25.6 Å². The molecular weight excluding hydrogens is 425 g/mol. The Morgan fingerprint density at radius 2 is 2.17 bits per heavy atom. The Balaban J connectivity index is 1.52. The fraction of sp³-hybridized carbons (Fsp3) is 0.412. The van der Waals surface area contributed by atoms with Gasteiger partial charge in [-0.2, -0.15) is 0 Å². The van der Waals surface area contributed by atoms with E-state index in [2.05, 4.69) is 30.7 Å². The third-order valence-corrected chi connectivity index (χ3v) is 4.88. The van der Waals surface area contributed by atoms with Crippen LogP contribution < -0.4 is 20.7 Å². The molecule has 1 aromatic heterocycles. The highest BCUT2D eigenvalue weighted by Gasteiger charge is 2.31. The lowest BCUT2D eigenvalue weighted by Crippen LogP contribution is -2.46. The standard InChI is InChI=1S/C17H19F3N6O3S/c1-26(14(28)8-23-15-21-5-2-6-22-15)9-13(27)25-16-24-11-4-3-10(7-12(11)30-16)29-17(18,19)20/h3-4,7H,2,5-6,8-9H2,1H3,(H2,21,22,23)(H,24,25,27). The SMILES string of the molecule is CN(CC(=O)Nc1nc2ccc(OC(F)(F)F)cc2s1)C(=O)CNC1=NCCCN1. The predicted molar refractivity (Wildman–Crippen MR) is 105 cm³/mol. The van der Waals surface area contributed by atoms with E-state index in [1.165, 1.54) is 24.1 Å². The molecule has 2 heterocycles. The van der Waals surface area contributed by atoms with Crippen LogP contribution in [0.4, 0.5) is 18.3 Å². The molecule has 9 nitrogen and oxygen atoms in total. The van der Waals surface area contributed by atoms with Gasteiger partial charge >= 0.3 is 6.36 Å². The fourth-order valence-electron chi connectivity index (χ4n) is 2.56. The molecule has 1 aliphatic heterocycles. The minimum Gasteiger partial charge on any atom is -0.406 e. The van der Waals surface area contributed by atoms with Gasteiger partial charge in [-0.1, -0.05) is 11.3 Å². The molecule has 0 spiro atoms. The molecule has 3 rings (SSSR count). The van der Waals surface area contributed by atoms with Gasteiger partial charge in [0.25, 0.3) is 0 Å². The first-order chi connectivity index (χ1) is 14.2. The van der Waals surface area contributed by atoms with Crippen LogP contribution in [0, 0.1) is 0 Å². The average Bonchev–Trinajstić information content (AvgIpc) is 3.06. The summed E-state index contributed by atoms with van der Waals surface area (Å²) in [6.07, 6.45) is -3.86. The topological polar surface area (TPSA) is 108 Å². The lowest BCUT2D eigenvalue weighted by molar-refractivity contribution is -0.274. The molecule has 13 heteroatoms. The van der Waals surface area contributed by atoms with Gasteiger partial charge in [0.1, 0.15) is 5.75 Å². The van der Waals surface area contributed by atoms with E-state index in [1.807, 2.05) is 0 Å². The van der Waals surface area contributed by atoms with Gasteiger partial charge in [0, 0.05) is 26.2 Å². The summed E-state index contributed by atoms with van der Waals surface area (Å²) in [5.74, 6) is -0.606. The molecule has 0 fully saturated rings. The number of hydrogen-bond donors (Lipinski definition) is 3. The van der Waals surface area contributed by atoms with Crippen LogP contribution in [0.2, 0.25) is 0 Å². The summed E-state index contributed by atoms with van der Waals surface area (Å²) in [6, 6.07) is 3.71. The van der Waals surface area contributed by atoms with Gasteiger partial charge in [0.05, 0.1) is 23.3 Å². The molecule has 0 aliphatic carbocycles. The van der Waals surface area contributed by atoms with Crippen molar-refractivity contribution in [1.82, 2.24) is 20.5 Å². The van der Waals surface area contributed by atoms with Gasteiger partial charge in [0.2, 0.25) is 11.8 Å². The Morgan fingerprint density at radius 3 is 2.87 bits per heavy atom. The number of benzene rings is 1.